The van der Waals surface area contributed by atoms with Crippen molar-refractivity contribution in [3.05, 3.63) is 90.1 Å². The zero-order valence-electron chi connectivity index (χ0n) is 17.5. The van der Waals surface area contributed by atoms with Gasteiger partial charge in [-0.2, -0.15) is 5.10 Å². The third-order valence-electron chi connectivity index (χ3n) is 5.17. The van der Waals surface area contributed by atoms with Gasteiger partial charge < -0.3 is 5.32 Å². The molecule has 1 N–H and O–H groups in total. The molecule has 0 aliphatic carbocycles. The van der Waals surface area contributed by atoms with Gasteiger partial charge >= 0.3 is 0 Å². The molecule has 156 valence electrons. The van der Waals surface area contributed by atoms with Crippen molar-refractivity contribution in [2.75, 3.05) is 5.32 Å². The molecule has 0 spiro atoms. The number of nitrogens with one attached hydrogen (secondary N) is 1. The maximum Gasteiger partial charge on any atom is 0.141 e. The van der Waals surface area contributed by atoms with E-state index in [2.05, 4.69) is 32.2 Å². The van der Waals surface area contributed by atoms with Crippen LogP contribution in [0.15, 0.2) is 73.2 Å². The largest absolute Gasteiger partial charge is 0.340 e. The second-order valence-electron chi connectivity index (χ2n) is 7.44. The zero-order valence-corrected chi connectivity index (χ0v) is 17.5. The van der Waals surface area contributed by atoms with Gasteiger partial charge in [0, 0.05) is 28.4 Å². The van der Waals surface area contributed by atoms with Crippen LogP contribution in [0.2, 0.25) is 0 Å². The molecular weight excluding hydrogens is 401 g/mol. The van der Waals surface area contributed by atoms with Gasteiger partial charge in [0.2, 0.25) is 0 Å². The molecule has 0 fully saturated rings. The summed E-state index contributed by atoms with van der Waals surface area (Å²) in [6, 6.07) is 18.5. The average Bonchev–Trinajstić information content (AvgIpc) is 3.20. The number of anilines is 2. The molecule has 0 atom stereocenters. The van der Waals surface area contributed by atoms with Crippen molar-refractivity contribution in [2.45, 2.75) is 19.9 Å². The Hall–Kier alpha value is -4.24. The molecule has 0 saturated heterocycles. The third kappa shape index (κ3) is 4.01. The van der Waals surface area contributed by atoms with Crippen LogP contribution >= 0.6 is 0 Å². The fourth-order valence-corrected chi connectivity index (χ4v) is 3.66. The van der Waals surface area contributed by atoms with Crippen LogP contribution in [0, 0.1) is 17.7 Å². The van der Waals surface area contributed by atoms with Crippen LogP contribution in [-0.2, 0) is 6.54 Å². The number of benzene rings is 3. The summed E-state index contributed by atoms with van der Waals surface area (Å²) in [6.07, 6.45) is 4.18. The lowest BCUT2D eigenvalue weighted by molar-refractivity contribution is 0.621. The molecule has 2 heterocycles. The summed E-state index contributed by atoms with van der Waals surface area (Å²) in [4.78, 5) is 8.81. The topological polar surface area (TPSA) is 55.6 Å². The highest BCUT2D eigenvalue weighted by atomic mass is 19.1. The van der Waals surface area contributed by atoms with Gasteiger partial charge in [0.15, 0.2) is 0 Å². The number of hydrogen-bond acceptors (Lipinski definition) is 4. The van der Waals surface area contributed by atoms with E-state index in [1.54, 1.807) is 12.4 Å². The lowest BCUT2D eigenvalue weighted by atomic mass is 10.1. The fourth-order valence-electron chi connectivity index (χ4n) is 3.66. The van der Waals surface area contributed by atoms with Crippen molar-refractivity contribution in [3.63, 3.8) is 0 Å². The monoisotopic (exact) mass is 421 g/mol. The van der Waals surface area contributed by atoms with E-state index in [1.807, 2.05) is 60.3 Å². The number of nitrogens with zero attached hydrogens (tertiary/aromatic N) is 4. The minimum absolute atomic E-state index is 0.244. The van der Waals surface area contributed by atoms with Crippen LogP contribution in [0.3, 0.4) is 0 Å². The molecule has 0 bridgehead atoms. The predicted molar refractivity (Wildman–Crippen MR) is 125 cm³/mol. The van der Waals surface area contributed by atoms with Crippen LogP contribution in [0.25, 0.3) is 21.8 Å². The van der Waals surface area contributed by atoms with Gasteiger partial charge in [-0.3, -0.25) is 4.68 Å². The maximum absolute atomic E-state index is 13.5. The molecule has 0 saturated carbocycles. The highest BCUT2D eigenvalue weighted by molar-refractivity contribution is 5.92. The van der Waals surface area contributed by atoms with Crippen molar-refractivity contribution in [2.24, 2.45) is 0 Å². The molecule has 0 unspecified atom stereocenters. The predicted octanol–water partition coefficient (Wildman–Crippen LogP) is 5.67. The summed E-state index contributed by atoms with van der Waals surface area (Å²) in [6.45, 7) is 2.53. The molecule has 6 heteroatoms. The number of aromatic nitrogens is 4. The normalized spacial score (nSPS) is 10.8. The lowest BCUT2D eigenvalue weighted by Crippen LogP contribution is -2.01. The Labute approximate surface area is 184 Å². The van der Waals surface area contributed by atoms with Crippen LogP contribution < -0.4 is 5.32 Å². The van der Waals surface area contributed by atoms with E-state index < -0.39 is 0 Å². The van der Waals surface area contributed by atoms with Crippen molar-refractivity contribution in [1.29, 1.82) is 0 Å². The highest BCUT2D eigenvalue weighted by Gasteiger charge is 2.08. The molecule has 2 aromatic heterocycles. The average molecular weight is 421 g/mol. The molecule has 0 radical (unpaired) electrons. The van der Waals surface area contributed by atoms with Crippen LogP contribution in [0.1, 0.15) is 24.5 Å². The van der Waals surface area contributed by atoms with Crippen LogP contribution in [0.4, 0.5) is 15.9 Å². The second-order valence-corrected chi connectivity index (χ2v) is 7.44. The molecule has 5 rings (SSSR count). The minimum atomic E-state index is -0.244. The van der Waals surface area contributed by atoms with Crippen LogP contribution in [0.5, 0.6) is 0 Å². The Morgan fingerprint density at radius 1 is 1.03 bits per heavy atom. The molecule has 5 nitrogen and oxygen atoms in total. The Balaban J connectivity index is 1.45. The van der Waals surface area contributed by atoms with E-state index in [4.69, 9.17) is 0 Å². The third-order valence-corrected chi connectivity index (χ3v) is 5.17. The quantitative estimate of drug-likeness (QED) is 0.380. The van der Waals surface area contributed by atoms with Gasteiger partial charge in [-0.05, 0) is 54.1 Å². The minimum Gasteiger partial charge on any atom is -0.340 e. The van der Waals surface area contributed by atoms with E-state index in [-0.39, 0.29) is 5.82 Å². The summed E-state index contributed by atoms with van der Waals surface area (Å²) in [7, 11) is 0. The molecule has 3 aromatic carbocycles. The zero-order chi connectivity index (χ0) is 21.9. The summed E-state index contributed by atoms with van der Waals surface area (Å²) in [5.74, 6) is 6.74. The number of hydrogen-bond donors (Lipinski definition) is 1. The maximum atomic E-state index is 13.5. The Morgan fingerprint density at radius 3 is 2.84 bits per heavy atom. The highest BCUT2D eigenvalue weighted by Crippen LogP contribution is 2.26. The fraction of sp³-hybridized carbons (Fsp3) is 0.115. The summed E-state index contributed by atoms with van der Waals surface area (Å²) >= 11 is 0. The van der Waals surface area contributed by atoms with Gasteiger partial charge in [0.05, 0.1) is 23.8 Å². The second kappa shape index (κ2) is 8.48. The Kier molecular flexibility index (Phi) is 5.22. The molecule has 0 amide bonds. The molecular formula is C26H20FN5. The summed E-state index contributed by atoms with van der Waals surface area (Å²) in [5.41, 5.74) is 4.53. The van der Waals surface area contributed by atoms with E-state index in [9.17, 15) is 4.39 Å². The van der Waals surface area contributed by atoms with Crippen molar-refractivity contribution in [3.8, 4) is 11.8 Å². The van der Waals surface area contributed by atoms with Gasteiger partial charge in [-0.1, -0.05) is 30.9 Å². The Bertz CT molecular complexity index is 1490. The number of fused-ring (bicyclic) bond motifs is 2. The molecule has 32 heavy (non-hydrogen) atoms. The molecule has 0 aliphatic rings. The Morgan fingerprint density at radius 2 is 1.97 bits per heavy atom. The number of halogens is 1. The van der Waals surface area contributed by atoms with Crippen LogP contribution in [-0.4, -0.2) is 19.7 Å². The summed E-state index contributed by atoms with van der Waals surface area (Å²) < 4.78 is 15.4. The van der Waals surface area contributed by atoms with Gasteiger partial charge in [-0.25, -0.2) is 14.4 Å². The van der Waals surface area contributed by atoms with E-state index in [0.29, 0.717) is 6.54 Å². The first-order valence-electron chi connectivity index (χ1n) is 10.4. The SMILES string of the molecule is CCC#Cc1ccc2ncnc(Nc3ccc4c(cnn4Cc4cccc(F)c4)c3)c2c1. The first kappa shape index (κ1) is 19.7. The first-order valence-corrected chi connectivity index (χ1v) is 10.4. The van der Waals surface area contributed by atoms with Crippen molar-refractivity contribution in [1.82, 2.24) is 19.7 Å². The summed E-state index contributed by atoms with van der Waals surface area (Å²) in [5, 5.41) is 9.79. The van der Waals surface area contributed by atoms with Gasteiger partial charge in [0.1, 0.15) is 18.0 Å². The van der Waals surface area contributed by atoms with E-state index in [0.717, 1.165) is 50.9 Å². The van der Waals surface area contributed by atoms with E-state index >= 15 is 0 Å². The van der Waals surface area contributed by atoms with E-state index in [1.165, 1.54) is 12.1 Å². The smallest absolute Gasteiger partial charge is 0.141 e. The molecule has 0 aliphatic heterocycles. The first-order chi connectivity index (χ1) is 15.7. The molecule has 5 aromatic rings. The lowest BCUT2D eigenvalue weighted by Gasteiger charge is -2.09. The number of rotatable bonds is 4. The van der Waals surface area contributed by atoms with Gasteiger partial charge in [0.25, 0.3) is 0 Å². The van der Waals surface area contributed by atoms with Gasteiger partial charge in [-0.15, -0.1) is 0 Å². The standard InChI is InChI=1S/C26H20FN5/c1-2-3-5-18-8-10-24-23(13-18)26(29-17-28-24)31-22-9-11-25-20(14-22)15-30-32(25)16-19-6-4-7-21(27)12-19/h4,6-15,17H,2,16H2,1H3,(H,28,29,31). The van der Waals surface area contributed by atoms with Crippen molar-refractivity contribution < 1.29 is 4.39 Å². The van der Waals surface area contributed by atoms with Crippen molar-refractivity contribution >= 4 is 33.3 Å².